The van der Waals surface area contributed by atoms with Crippen LogP contribution in [-0.2, 0) is 10.2 Å². The number of nitrogen functional groups attached to an aromatic ring is 1. The van der Waals surface area contributed by atoms with Gasteiger partial charge < -0.3 is 11.2 Å². The molecule has 9 nitrogen and oxygen atoms in total. The van der Waals surface area contributed by atoms with E-state index in [1.54, 1.807) is 6.92 Å². The molecule has 0 saturated carbocycles. The topological polar surface area (TPSA) is 129 Å². The Bertz CT molecular complexity index is 1120. The number of carbonyl (C=O) groups excluding carboxylic acids is 1. The Morgan fingerprint density at radius 1 is 1.19 bits per heavy atom. The minimum absolute atomic E-state index is 0.0239. The van der Waals surface area contributed by atoms with Gasteiger partial charge in [-0.3, -0.25) is 14.9 Å². The molecule has 0 aliphatic rings. The average Bonchev–Trinajstić information content (AvgIpc) is 3.07. The van der Waals surface area contributed by atoms with Gasteiger partial charge >= 0.3 is 0 Å². The first-order valence-corrected chi connectivity index (χ1v) is 10.5. The number of amides is 1. The van der Waals surface area contributed by atoms with Gasteiger partial charge in [0.15, 0.2) is 5.82 Å². The molecule has 1 aromatic heterocycles. The van der Waals surface area contributed by atoms with Gasteiger partial charge in [0.2, 0.25) is 11.1 Å². The van der Waals surface area contributed by atoms with Gasteiger partial charge in [0, 0.05) is 23.4 Å². The molecule has 0 bridgehead atoms. The number of nitro benzene ring substituents is 1. The van der Waals surface area contributed by atoms with Crippen LogP contribution in [0.5, 0.6) is 0 Å². The van der Waals surface area contributed by atoms with Gasteiger partial charge in [-0.05, 0) is 29.5 Å². The number of nitrogens with two attached hydrogens (primary N) is 1. The molecule has 3 N–H and O–H groups in total. The molecule has 162 valence electrons. The van der Waals surface area contributed by atoms with Gasteiger partial charge in [-0.25, -0.2) is 4.68 Å². The monoisotopic (exact) mass is 440 g/mol. The van der Waals surface area contributed by atoms with E-state index >= 15 is 0 Å². The molecule has 1 heterocycles. The van der Waals surface area contributed by atoms with Gasteiger partial charge in [-0.1, -0.05) is 56.8 Å². The molecule has 0 unspecified atom stereocenters. The Balaban J connectivity index is 1.65. The molecule has 0 saturated heterocycles. The number of carbonyl (C=O) groups is 1. The molecule has 31 heavy (non-hydrogen) atoms. The van der Waals surface area contributed by atoms with Crippen molar-refractivity contribution in [1.82, 2.24) is 14.9 Å². The van der Waals surface area contributed by atoms with Crippen molar-refractivity contribution >= 4 is 29.0 Å². The summed E-state index contributed by atoms with van der Waals surface area (Å²) in [4.78, 5) is 22.7. The van der Waals surface area contributed by atoms with E-state index in [1.165, 1.54) is 28.4 Å². The third-order valence-electron chi connectivity index (χ3n) is 4.70. The Morgan fingerprint density at radius 2 is 1.87 bits per heavy atom. The quantitative estimate of drug-likeness (QED) is 0.257. The van der Waals surface area contributed by atoms with E-state index < -0.39 is 4.92 Å². The molecular formula is C21H24N6O3S. The largest absolute Gasteiger partial charge is 0.335 e. The summed E-state index contributed by atoms with van der Waals surface area (Å²) in [5, 5.41) is 22.2. The summed E-state index contributed by atoms with van der Waals surface area (Å²) < 4.78 is 1.36. The van der Waals surface area contributed by atoms with Crippen LogP contribution in [-0.4, -0.2) is 31.5 Å². The zero-order valence-electron chi connectivity index (χ0n) is 17.7. The first-order valence-electron chi connectivity index (χ1n) is 9.55. The lowest BCUT2D eigenvalue weighted by atomic mass is 9.87. The van der Waals surface area contributed by atoms with E-state index in [4.69, 9.17) is 5.84 Å². The summed E-state index contributed by atoms with van der Waals surface area (Å²) >= 11 is 1.16. The fraction of sp³-hybridized carbons (Fsp3) is 0.286. The lowest BCUT2D eigenvalue weighted by molar-refractivity contribution is -0.384. The lowest BCUT2D eigenvalue weighted by Gasteiger charge is -2.19. The van der Waals surface area contributed by atoms with Crippen LogP contribution in [0.4, 0.5) is 11.4 Å². The highest BCUT2D eigenvalue weighted by molar-refractivity contribution is 7.99. The summed E-state index contributed by atoms with van der Waals surface area (Å²) in [7, 11) is 0. The normalized spacial score (nSPS) is 11.4. The minimum atomic E-state index is -0.475. The molecule has 2 aromatic carbocycles. The van der Waals surface area contributed by atoms with E-state index in [1.807, 2.05) is 24.3 Å². The number of aromatic nitrogens is 3. The van der Waals surface area contributed by atoms with Gasteiger partial charge in [-0.2, -0.15) is 0 Å². The van der Waals surface area contributed by atoms with Crippen LogP contribution >= 0.6 is 11.8 Å². The van der Waals surface area contributed by atoms with Gasteiger partial charge in [0.05, 0.1) is 10.7 Å². The van der Waals surface area contributed by atoms with E-state index in [2.05, 4.69) is 36.3 Å². The number of nitrogens with one attached hydrogen (secondary N) is 1. The van der Waals surface area contributed by atoms with Crippen LogP contribution in [0, 0.1) is 17.0 Å². The number of thioether (sulfide) groups is 1. The molecule has 0 radical (unpaired) electrons. The number of non-ortho nitro benzene ring substituents is 1. The zero-order valence-corrected chi connectivity index (χ0v) is 18.6. The Kier molecular flexibility index (Phi) is 6.30. The number of rotatable bonds is 6. The van der Waals surface area contributed by atoms with Crippen LogP contribution in [0.1, 0.15) is 31.9 Å². The first kappa shape index (κ1) is 22.3. The summed E-state index contributed by atoms with van der Waals surface area (Å²) in [5.41, 5.74) is 3.18. The summed E-state index contributed by atoms with van der Waals surface area (Å²) in [6.07, 6.45) is 0. The average molecular weight is 441 g/mol. The van der Waals surface area contributed by atoms with E-state index in [0.717, 1.165) is 17.3 Å². The van der Waals surface area contributed by atoms with Crippen LogP contribution in [0.2, 0.25) is 0 Å². The smallest absolute Gasteiger partial charge is 0.269 e. The van der Waals surface area contributed by atoms with E-state index in [-0.39, 0.29) is 22.8 Å². The molecular weight excluding hydrogens is 416 g/mol. The van der Waals surface area contributed by atoms with Crippen molar-refractivity contribution in [2.45, 2.75) is 38.3 Å². The minimum Gasteiger partial charge on any atom is -0.335 e. The third-order valence-corrected chi connectivity index (χ3v) is 5.64. The Hall–Kier alpha value is -3.40. The van der Waals surface area contributed by atoms with Gasteiger partial charge in [0.25, 0.3) is 5.69 Å². The summed E-state index contributed by atoms with van der Waals surface area (Å²) in [5.74, 6) is 6.44. The number of aryl methyl sites for hydroxylation is 1. The maximum atomic E-state index is 12.3. The van der Waals surface area contributed by atoms with Crippen molar-refractivity contribution in [3.8, 4) is 11.4 Å². The molecule has 3 aromatic rings. The van der Waals surface area contributed by atoms with Crippen molar-refractivity contribution in [1.29, 1.82) is 0 Å². The maximum absolute atomic E-state index is 12.3. The molecule has 1 amide bonds. The fourth-order valence-electron chi connectivity index (χ4n) is 2.91. The van der Waals surface area contributed by atoms with Crippen molar-refractivity contribution in [3.05, 3.63) is 63.7 Å². The second kappa shape index (κ2) is 8.76. The Morgan fingerprint density at radius 3 is 2.45 bits per heavy atom. The predicted molar refractivity (Wildman–Crippen MR) is 121 cm³/mol. The zero-order chi connectivity index (χ0) is 22.8. The number of nitro groups is 1. The fourth-order valence-corrected chi connectivity index (χ4v) is 3.57. The highest BCUT2D eigenvalue weighted by Gasteiger charge is 2.17. The van der Waals surface area contributed by atoms with Crippen molar-refractivity contribution < 1.29 is 9.72 Å². The van der Waals surface area contributed by atoms with Gasteiger partial charge in [0.1, 0.15) is 0 Å². The molecule has 0 aliphatic carbocycles. The molecule has 0 fully saturated rings. The molecule has 3 rings (SSSR count). The standard InChI is InChI=1S/C21H24N6O3S/c1-13-11-16(27(29)30)9-10-17(13)23-18(28)12-31-20-25-24-19(26(20)22)14-5-7-15(8-6-14)21(2,3)4/h5-11H,12,22H2,1-4H3,(H,23,28). The highest BCUT2D eigenvalue weighted by atomic mass is 32.2. The second-order valence-corrected chi connectivity index (χ2v) is 9.04. The highest BCUT2D eigenvalue weighted by Crippen LogP contribution is 2.27. The lowest BCUT2D eigenvalue weighted by Crippen LogP contribution is -2.17. The van der Waals surface area contributed by atoms with Crippen molar-refractivity contribution in [2.24, 2.45) is 0 Å². The number of hydrogen-bond donors (Lipinski definition) is 2. The summed E-state index contributed by atoms with van der Waals surface area (Å²) in [6, 6.07) is 12.3. The van der Waals surface area contributed by atoms with Crippen molar-refractivity contribution in [3.63, 3.8) is 0 Å². The predicted octanol–water partition coefficient (Wildman–Crippen LogP) is 3.90. The Labute approximate surface area is 184 Å². The van der Waals surface area contributed by atoms with Gasteiger partial charge in [-0.15, -0.1) is 10.2 Å². The van der Waals surface area contributed by atoms with E-state index in [9.17, 15) is 14.9 Å². The van der Waals surface area contributed by atoms with Crippen LogP contribution in [0.15, 0.2) is 47.6 Å². The van der Waals surface area contributed by atoms with Crippen LogP contribution in [0.3, 0.4) is 0 Å². The number of hydrogen-bond acceptors (Lipinski definition) is 7. The molecule has 0 aliphatic heterocycles. The summed E-state index contributed by atoms with van der Waals surface area (Å²) in [6.45, 7) is 8.13. The second-order valence-electron chi connectivity index (χ2n) is 8.10. The molecule has 0 atom stereocenters. The maximum Gasteiger partial charge on any atom is 0.269 e. The third kappa shape index (κ3) is 5.21. The number of benzene rings is 2. The van der Waals surface area contributed by atoms with E-state index in [0.29, 0.717) is 22.2 Å². The first-order chi connectivity index (χ1) is 14.6. The molecule has 0 spiro atoms. The van der Waals surface area contributed by atoms with Crippen molar-refractivity contribution in [2.75, 3.05) is 16.9 Å². The number of nitrogens with zero attached hydrogens (tertiary/aromatic N) is 4. The van der Waals surface area contributed by atoms with Crippen LogP contribution in [0.25, 0.3) is 11.4 Å². The SMILES string of the molecule is Cc1cc([N+](=O)[O-])ccc1NC(=O)CSc1nnc(-c2ccc(C(C)(C)C)cc2)n1N. The molecule has 10 heteroatoms. The van der Waals surface area contributed by atoms with Crippen LogP contribution < -0.4 is 11.2 Å². The number of anilines is 1.